The van der Waals surface area contributed by atoms with E-state index in [0.717, 1.165) is 12.1 Å². The number of carbonyl (C=O) groups is 1. The maximum absolute atomic E-state index is 14.0. The highest BCUT2D eigenvalue weighted by Crippen LogP contribution is 2.23. The van der Waals surface area contributed by atoms with Crippen molar-refractivity contribution < 1.29 is 33.6 Å². The van der Waals surface area contributed by atoms with Crippen LogP contribution in [0.3, 0.4) is 0 Å². The molecule has 2 rings (SSSR count). The van der Waals surface area contributed by atoms with E-state index in [1.807, 2.05) is 0 Å². The van der Waals surface area contributed by atoms with Crippen LogP contribution in [0.2, 0.25) is 0 Å². The summed E-state index contributed by atoms with van der Waals surface area (Å²) in [5.41, 5.74) is 0.721. The van der Waals surface area contributed by atoms with E-state index >= 15 is 0 Å². The van der Waals surface area contributed by atoms with Crippen molar-refractivity contribution in [1.29, 1.82) is 0 Å². The average molecular weight is 381 g/mol. The van der Waals surface area contributed by atoms with Gasteiger partial charge in [-0.3, -0.25) is 0 Å². The molecular formula is C19H21F2NO5. The van der Waals surface area contributed by atoms with Gasteiger partial charge in [0.25, 0.3) is 0 Å². The Kier molecular flexibility index (Phi) is 7.09. The lowest BCUT2D eigenvalue weighted by molar-refractivity contribution is -0.139. The second kappa shape index (κ2) is 9.29. The van der Waals surface area contributed by atoms with Crippen LogP contribution in [0, 0.1) is 11.6 Å². The van der Waals surface area contributed by atoms with Crippen LogP contribution in [0.15, 0.2) is 36.4 Å². The fourth-order valence-electron chi connectivity index (χ4n) is 2.52. The van der Waals surface area contributed by atoms with Crippen molar-refractivity contribution >= 4 is 5.97 Å². The highest BCUT2D eigenvalue weighted by Gasteiger charge is 2.17. The van der Waals surface area contributed by atoms with E-state index in [-0.39, 0.29) is 30.3 Å². The summed E-state index contributed by atoms with van der Waals surface area (Å²) in [6.07, 6.45) is -0.673. The fraction of sp³-hybridized carbons (Fsp3) is 0.316. The number of nitrogens with one attached hydrogen (secondary N) is 1. The SMILES string of the molecule is C[C@H](NCCc1cc(F)c(OCC(=O)O)cc1F)[C@H](O)c1ccc(O)cc1. The zero-order chi connectivity index (χ0) is 20.0. The van der Waals surface area contributed by atoms with E-state index in [1.165, 1.54) is 12.1 Å². The lowest BCUT2D eigenvalue weighted by Crippen LogP contribution is -2.33. The van der Waals surface area contributed by atoms with Crippen LogP contribution in [0.5, 0.6) is 11.5 Å². The molecule has 0 bridgehead atoms. The first-order valence-electron chi connectivity index (χ1n) is 8.31. The molecule has 0 spiro atoms. The molecule has 0 aliphatic rings. The first-order chi connectivity index (χ1) is 12.8. The Labute approximate surface area is 155 Å². The number of aliphatic hydroxyl groups is 1. The molecule has 4 N–H and O–H groups in total. The molecule has 0 unspecified atom stereocenters. The smallest absolute Gasteiger partial charge is 0.341 e. The van der Waals surface area contributed by atoms with Gasteiger partial charge in [0.15, 0.2) is 18.2 Å². The van der Waals surface area contributed by atoms with Crippen molar-refractivity contribution in [2.75, 3.05) is 13.2 Å². The summed E-state index contributed by atoms with van der Waals surface area (Å²) in [5.74, 6) is -3.19. The van der Waals surface area contributed by atoms with Gasteiger partial charge in [-0.25, -0.2) is 13.6 Å². The predicted octanol–water partition coefficient (Wildman–Crippen LogP) is 2.39. The number of carboxylic acids is 1. The monoisotopic (exact) mass is 381 g/mol. The van der Waals surface area contributed by atoms with E-state index < -0.39 is 36.1 Å². The van der Waals surface area contributed by atoms with Crippen LogP contribution in [0.25, 0.3) is 0 Å². The van der Waals surface area contributed by atoms with Crippen LogP contribution in [0.4, 0.5) is 8.78 Å². The number of rotatable bonds is 9. The quantitative estimate of drug-likeness (QED) is 0.532. The third kappa shape index (κ3) is 5.90. The maximum Gasteiger partial charge on any atom is 0.341 e. The lowest BCUT2D eigenvalue weighted by atomic mass is 10.0. The molecule has 8 heteroatoms. The van der Waals surface area contributed by atoms with Gasteiger partial charge >= 0.3 is 5.97 Å². The van der Waals surface area contributed by atoms with Crippen molar-refractivity contribution in [2.24, 2.45) is 0 Å². The minimum absolute atomic E-state index is 0.0971. The summed E-state index contributed by atoms with van der Waals surface area (Å²) in [5, 5.41) is 31.1. The molecule has 0 saturated heterocycles. The van der Waals surface area contributed by atoms with Crippen LogP contribution in [0.1, 0.15) is 24.2 Å². The zero-order valence-corrected chi connectivity index (χ0v) is 14.7. The van der Waals surface area contributed by atoms with Gasteiger partial charge in [0.05, 0.1) is 6.10 Å². The van der Waals surface area contributed by atoms with Gasteiger partial charge in [-0.05, 0) is 49.2 Å². The third-order valence-corrected chi connectivity index (χ3v) is 4.02. The number of ether oxygens (including phenoxy) is 1. The first kappa shape index (κ1) is 20.6. The number of halogens is 2. The van der Waals surface area contributed by atoms with E-state index in [9.17, 15) is 23.8 Å². The van der Waals surface area contributed by atoms with Crippen molar-refractivity contribution in [3.8, 4) is 11.5 Å². The summed E-state index contributed by atoms with van der Waals surface area (Å²) in [6, 6.07) is 7.57. The zero-order valence-electron chi connectivity index (χ0n) is 14.7. The van der Waals surface area contributed by atoms with E-state index in [0.29, 0.717) is 5.56 Å². The molecule has 146 valence electrons. The highest BCUT2D eigenvalue weighted by molar-refractivity contribution is 5.68. The first-order valence-corrected chi connectivity index (χ1v) is 8.31. The number of hydrogen-bond donors (Lipinski definition) is 4. The number of aliphatic hydroxyl groups excluding tert-OH is 1. The minimum Gasteiger partial charge on any atom is -0.508 e. The Morgan fingerprint density at radius 2 is 1.85 bits per heavy atom. The summed E-state index contributed by atoms with van der Waals surface area (Å²) in [4.78, 5) is 10.4. The Balaban J connectivity index is 1.91. The molecule has 2 aromatic carbocycles. The maximum atomic E-state index is 14.0. The molecule has 27 heavy (non-hydrogen) atoms. The molecule has 0 aliphatic heterocycles. The van der Waals surface area contributed by atoms with Gasteiger partial charge in [0.1, 0.15) is 11.6 Å². The number of phenolic OH excluding ortho intramolecular Hbond substituents is 1. The molecule has 0 heterocycles. The Hall–Kier alpha value is -2.71. The lowest BCUT2D eigenvalue weighted by Gasteiger charge is -2.21. The summed E-state index contributed by atoms with van der Waals surface area (Å²) >= 11 is 0. The Bertz CT molecular complexity index is 782. The molecule has 0 aromatic heterocycles. The van der Waals surface area contributed by atoms with Crippen molar-refractivity contribution in [3.63, 3.8) is 0 Å². The number of phenols is 1. The van der Waals surface area contributed by atoms with Gasteiger partial charge in [-0.15, -0.1) is 0 Å². The number of carboxylic acid groups (broad SMARTS) is 1. The van der Waals surface area contributed by atoms with Crippen molar-refractivity contribution in [2.45, 2.75) is 25.5 Å². The third-order valence-electron chi connectivity index (χ3n) is 4.02. The second-order valence-electron chi connectivity index (χ2n) is 6.09. The summed E-state index contributed by atoms with van der Waals surface area (Å²) < 4.78 is 32.6. The number of aromatic hydroxyl groups is 1. The van der Waals surface area contributed by atoms with Gasteiger partial charge in [-0.2, -0.15) is 0 Å². The second-order valence-corrected chi connectivity index (χ2v) is 6.09. The van der Waals surface area contributed by atoms with Crippen LogP contribution < -0.4 is 10.1 Å². The van der Waals surface area contributed by atoms with E-state index in [1.54, 1.807) is 19.1 Å². The highest BCUT2D eigenvalue weighted by atomic mass is 19.1. The number of hydrogen-bond acceptors (Lipinski definition) is 5. The molecule has 2 aromatic rings. The van der Waals surface area contributed by atoms with Gasteiger partial charge in [-0.1, -0.05) is 12.1 Å². The molecule has 6 nitrogen and oxygen atoms in total. The molecular weight excluding hydrogens is 360 g/mol. The van der Waals surface area contributed by atoms with Crippen molar-refractivity contribution in [1.82, 2.24) is 5.32 Å². The molecule has 0 radical (unpaired) electrons. The predicted molar refractivity (Wildman–Crippen MR) is 93.7 cm³/mol. The normalized spacial score (nSPS) is 13.2. The molecule has 0 fully saturated rings. The van der Waals surface area contributed by atoms with Gasteiger partial charge in [0.2, 0.25) is 0 Å². The summed E-state index contributed by atoms with van der Waals surface area (Å²) in [6.45, 7) is 1.27. The van der Waals surface area contributed by atoms with Crippen LogP contribution >= 0.6 is 0 Å². The van der Waals surface area contributed by atoms with Gasteiger partial charge < -0.3 is 25.4 Å². The Morgan fingerprint density at radius 1 is 1.19 bits per heavy atom. The van der Waals surface area contributed by atoms with E-state index in [4.69, 9.17) is 5.11 Å². The minimum atomic E-state index is -1.29. The molecule has 0 aliphatic carbocycles. The molecule has 2 atom stereocenters. The Morgan fingerprint density at radius 3 is 2.48 bits per heavy atom. The average Bonchev–Trinajstić information content (AvgIpc) is 2.62. The van der Waals surface area contributed by atoms with E-state index in [2.05, 4.69) is 10.1 Å². The van der Waals surface area contributed by atoms with Crippen LogP contribution in [-0.2, 0) is 11.2 Å². The van der Waals surface area contributed by atoms with Crippen LogP contribution in [-0.4, -0.2) is 40.5 Å². The molecule has 0 saturated carbocycles. The molecule has 0 amide bonds. The fourth-order valence-corrected chi connectivity index (χ4v) is 2.52. The van der Waals surface area contributed by atoms with Gasteiger partial charge in [0, 0.05) is 12.1 Å². The topological polar surface area (TPSA) is 99.0 Å². The standard InChI is InChI=1S/C19H21F2NO5/c1-11(19(26)12-2-4-14(23)5-3-12)22-7-6-13-8-16(21)17(9-15(13)20)27-10-18(24)25/h2-5,8-9,11,19,22-23,26H,6-7,10H2,1H3,(H,24,25)/t11-,19-/m0/s1. The number of benzene rings is 2. The summed E-state index contributed by atoms with van der Waals surface area (Å²) in [7, 11) is 0. The largest absolute Gasteiger partial charge is 0.508 e. The van der Waals surface area contributed by atoms with Crippen molar-refractivity contribution in [3.05, 3.63) is 59.2 Å². The number of aliphatic carboxylic acids is 1.